The van der Waals surface area contributed by atoms with Crippen LogP contribution in [0.1, 0.15) is 44.1 Å². The largest absolute Gasteiger partial charge is 0.469 e. The van der Waals surface area contributed by atoms with Gasteiger partial charge in [0.2, 0.25) is 0 Å². The molecule has 0 aliphatic rings. The third-order valence-corrected chi connectivity index (χ3v) is 5.33. The second-order valence-corrected chi connectivity index (χ2v) is 7.42. The van der Waals surface area contributed by atoms with Gasteiger partial charge in [-0.2, -0.15) is 8.42 Å². The summed E-state index contributed by atoms with van der Waals surface area (Å²) in [5, 5.41) is 9.24. The maximum atomic E-state index is 12.0. The molecule has 1 rings (SSSR count). The van der Waals surface area contributed by atoms with Crippen molar-refractivity contribution < 1.29 is 27.2 Å². The molecular formula is C18H27O6S. The molecule has 0 heterocycles. The Morgan fingerprint density at radius 2 is 1.72 bits per heavy atom. The number of aliphatic hydroxyl groups is 1. The number of esters is 1. The van der Waals surface area contributed by atoms with Crippen LogP contribution in [0.2, 0.25) is 0 Å². The predicted molar refractivity (Wildman–Crippen MR) is 95.1 cm³/mol. The first-order valence-corrected chi connectivity index (χ1v) is 9.86. The van der Waals surface area contributed by atoms with Crippen molar-refractivity contribution in [1.29, 1.82) is 0 Å². The number of hydrogen-bond donors (Lipinski definition) is 1. The summed E-state index contributed by atoms with van der Waals surface area (Å²) in [6, 6.07) is 10.2. The maximum Gasteiger partial charge on any atom is 0.307 e. The number of aliphatic hydroxyl groups excluding tert-OH is 1. The quantitative estimate of drug-likeness (QED) is 0.326. The van der Waals surface area contributed by atoms with Gasteiger partial charge in [-0.05, 0) is 24.8 Å². The van der Waals surface area contributed by atoms with Gasteiger partial charge in [-0.25, -0.2) is 0 Å². The molecule has 0 aliphatic heterocycles. The van der Waals surface area contributed by atoms with Crippen LogP contribution in [-0.4, -0.2) is 39.8 Å². The molecule has 0 aliphatic carbocycles. The van der Waals surface area contributed by atoms with Crippen LogP contribution in [-0.2, 0) is 30.3 Å². The number of rotatable bonds is 13. The van der Waals surface area contributed by atoms with Gasteiger partial charge in [0.05, 0.1) is 26.7 Å². The first-order valence-electron chi connectivity index (χ1n) is 8.45. The van der Waals surface area contributed by atoms with Gasteiger partial charge in [0.25, 0.3) is 10.1 Å². The molecule has 1 aromatic rings. The predicted octanol–water partition coefficient (Wildman–Crippen LogP) is 2.61. The van der Waals surface area contributed by atoms with Gasteiger partial charge in [-0.1, -0.05) is 49.6 Å². The lowest BCUT2D eigenvalue weighted by Gasteiger charge is -2.13. The summed E-state index contributed by atoms with van der Waals surface area (Å²) in [4.78, 5) is 11.0. The molecule has 1 N–H and O–H groups in total. The van der Waals surface area contributed by atoms with Crippen LogP contribution in [0.4, 0.5) is 0 Å². The molecule has 0 amide bonds. The molecule has 7 heteroatoms. The van der Waals surface area contributed by atoms with Gasteiger partial charge < -0.3 is 9.84 Å². The van der Waals surface area contributed by atoms with E-state index in [1.54, 1.807) is 0 Å². The van der Waals surface area contributed by atoms with Crippen LogP contribution >= 0.6 is 0 Å². The van der Waals surface area contributed by atoms with Crippen molar-refractivity contribution >= 4 is 16.1 Å². The fourth-order valence-electron chi connectivity index (χ4n) is 2.35. The average molecular weight is 371 g/mol. The summed E-state index contributed by atoms with van der Waals surface area (Å²) in [6.07, 6.45) is 4.72. The SMILES string of the molecule is COC(=O)CCOS(=O)(=O)[C](CO)CCCCCCc1ccccc1. The lowest BCUT2D eigenvalue weighted by atomic mass is 10.1. The molecule has 0 spiro atoms. The number of unbranched alkanes of at least 4 members (excludes halogenated alkanes) is 3. The minimum absolute atomic E-state index is 0.0413. The van der Waals surface area contributed by atoms with Gasteiger partial charge in [0.1, 0.15) is 5.25 Å². The summed E-state index contributed by atoms with van der Waals surface area (Å²) in [6.45, 7) is -0.847. The van der Waals surface area contributed by atoms with E-state index >= 15 is 0 Å². The van der Waals surface area contributed by atoms with Crippen molar-refractivity contribution in [3.63, 3.8) is 0 Å². The molecule has 0 atom stereocenters. The molecular weight excluding hydrogens is 344 g/mol. The first kappa shape index (κ1) is 21.6. The number of benzene rings is 1. The number of hydrogen-bond acceptors (Lipinski definition) is 6. The highest BCUT2D eigenvalue weighted by Gasteiger charge is 2.26. The Balaban J connectivity index is 2.22. The number of carbonyl (C=O) groups is 1. The third-order valence-electron chi connectivity index (χ3n) is 3.82. The number of methoxy groups -OCH3 is 1. The van der Waals surface area contributed by atoms with E-state index in [0.29, 0.717) is 6.42 Å². The van der Waals surface area contributed by atoms with Crippen LogP contribution in [0.25, 0.3) is 0 Å². The van der Waals surface area contributed by atoms with Crippen LogP contribution in [0, 0.1) is 5.25 Å². The van der Waals surface area contributed by atoms with Crippen LogP contribution in [0.3, 0.4) is 0 Å². The molecule has 0 fully saturated rings. The van der Waals surface area contributed by atoms with E-state index in [4.69, 9.17) is 4.18 Å². The average Bonchev–Trinajstić information content (AvgIpc) is 2.61. The Labute approximate surface area is 150 Å². The minimum atomic E-state index is -3.95. The van der Waals surface area contributed by atoms with E-state index < -0.39 is 22.7 Å². The monoisotopic (exact) mass is 371 g/mol. The van der Waals surface area contributed by atoms with Crippen molar-refractivity contribution in [1.82, 2.24) is 0 Å². The highest BCUT2D eigenvalue weighted by molar-refractivity contribution is 7.89. The Hall–Kier alpha value is -1.44. The minimum Gasteiger partial charge on any atom is -0.469 e. The summed E-state index contributed by atoms with van der Waals surface area (Å²) in [5.41, 5.74) is 1.30. The third kappa shape index (κ3) is 9.00. The zero-order valence-electron chi connectivity index (χ0n) is 14.6. The Morgan fingerprint density at radius 1 is 1.04 bits per heavy atom. The first-order chi connectivity index (χ1) is 12.0. The van der Waals surface area contributed by atoms with Crippen LogP contribution in [0.5, 0.6) is 0 Å². The van der Waals surface area contributed by atoms with Gasteiger partial charge in [-0.15, -0.1) is 0 Å². The Kier molecular flexibility index (Phi) is 10.4. The maximum absolute atomic E-state index is 12.0. The summed E-state index contributed by atoms with van der Waals surface area (Å²) < 4.78 is 33.1. The molecule has 141 valence electrons. The number of carbonyl (C=O) groups excluding carboxylic acids is 1. The van der Waals surface area contributed by atoms with Gasteiger partial charge >= 0.3 is 5.97 Å². The van der Waals surface area contributed by atoms with E-state index in [-0.39, 0.29) is 24.7 Å². The highest BCUT2D eigenvalue weighted by Crippen LogP contribution is 2.21. The lowest BCUT2D eigenvalue weighted by molar-refractivity contribution is -0.141. The topological polar surface area (TPSA) is 89.9 Å². The standard InChI is InChI=1S/C18H27O6S/c1-23-18(20)13-14-24-25(21,22)17(15-19)12-8-3-2-5-9-16-10-6-4-7-11-16/h4,6-7,10-11,19H,2-3,5,8-9,12-15H2,1H3. The molecule has 0 saturated carbocycles. The fourth-order valence-corrected chi connectivity index (χ4v) is 3.37. The summed E-state index contributed by atoms with van der Waals surface area (Å²) in [7, 11) is -2.73. The molecule has 1 aromatic carbocycles. The van der Waals surface area contributed by atoms with E-state index in [2.05, 4.69) is 16.9 Å². The smallest absolute Gasteiger partial charge is 0.307 e. The van der Waals surface area contributed by atoms with Crippen molar-refractivity contribution in [2.45, 2.75) is 44.9 Å². The van der Waals surface area contributed by atoms with E-state index in [0.717, 1.165) is 25.7 Å². The van der Waals surface area contributed by atoms with Gasteiger partial charge in [0, 0.05) is 0 Å². The number of aryl methyl sites for hydroxylation is 1. The van der Waals surface area contributed by atoms with Crippen molar-refractivity contribution in [3.05, 3.63) is 41.1 Å². The van der Waals surface area contributed by atoms with E-state index in [1.165, 1.54) is 12.7 Å². The second-order valence-electron chi connectivity index (χ2n) is 5.70. The second kappa shape index (κ2) is 12.0. The van der Waals surface area contributed by atoms with Crippen molar-refractivity contribution in [2.75, 3.05) is 20.3 Å². The zero-order valence-corrected chi connectivity index (χ0v) is 15.5. The summed E-state index contributed by atoms with van der Waals surface area (Å²) >= 11 is 0. The normalized spacial score (nSPS) is 11.6. The van der Waals surface area contributed by atoms with Crippen molar-refractivity contribution in [3.8, 4) is 0 Å². The van der Waals surface area contributed by atoms with E-state index in [9.17, 15) is 18.3 Å². The fraction of sp³-hybridized carbons (Fsp3) is 0.556. The zero-order chi connectivity index (χ0) is 18.5. The van der Waals surface area contributed by atoms with Crippen LogP contribution < -0.4 is 0 Å². The molecule has 6 nitrogen and oxygen atoms in total. The highest BCUT2D eigenvalue weighted by atomic mass is 32.2. The van der Waals surface area contributed by atoms with Gasteiger partial charge in [-0.3, -0.25) is 8.98 Å². The van der Waals surface area contributed by atoms with Crippen LogP contribution in [0.15, 0.2) is 30.3 Å². The lowest BCUT2D eigenvalue weighted by Crippen LogP contribution is -2.21. The van der Waals surface area contributed by atoms with E-state index in [1.807, 2.05) is 18.2 Å². The molecule has 0 bridgehead atoms. The number of ether oxygens (including phenoxy) is 1. The Morgan fingerprint density at radius 3 is 2.36 bits per heavy atom. The van der Waals surface area contributed by atoms with Gasteiger partial charge in [0.15, 0.2) is 0 Å². The van der Waals surface area contributed by atoms with Crippen molar-refractivity contribution in [2.24, 2.45) is 0 Å². The Bertz CT molecular complexity index is 585. The summed E-state index contributed by atoms with van der Waals surface area (Å²) in [5.74, 6) is -0.542. The molecule has 1 radical (unpaired) electrons. The molecule has 0 unspecified atom stereocenters. The molecule has 0 saturated heterocycles. The molecule has 25 heavy (non-hydrogen) atoms. The molecule has 0 aromatic heterocycles.